The largest absolute Gasteiger partial charge is 0.318 e. The molecule has 0 bridgehead atoms. The summed E-state index contributed by atoms with van der Waals surface area (Å²) >= 11 is 12.1. The molecule has 1 atom stereocenters. The van der Waals surface area contributed by atoms with Gasteiger partial charge >= 0.3 is 0 Å². The number of ketones is 1. The van der Waals surface area contributed by atoms with Gasteiger partial charge in [0.05, 0.1) is 15.7 Å². The van der Waals surface area contributed by atoms with Gasteiger partial charge in [0.25, 0.3) is 0 Å². The van der Waals surface area contributed by atoms with Gasteiger partial charge in [0.15, 0.2) is 5.78 Å². The maximum atomic E-state index is 14.4. The summed E-state index contributed by atoms with van der Waals surface area (Å²) in [4.78, 5) is 28.5. The molecular weight excluding hydrogens is 390 g/mol. The lowest BCUT2D eigenvalue weighted by atomic mass is 9.88. The van der Waals surface area contributed by atoms with Gasteiger partial charge < -0.3 is 4.57 Å². The van der Waals surface area contributed by atoms with E-state index in [9.17, 15) is 14.0 Å². The van der Waals surface area contributed by atoms with Crippen molar-refractivity contribution in [3.8, 4) is 0 Å². The number of hydrogen-bond acceptors (Lipinski definition) is 3. The van der Waals surface area contributed by atoms with Crippen LogP contribution in [-0.4, -0.2) is 15.3 Å². The normalized spacial score (nSPS) is 12.0. The summed E-state index contributed by atoms with van der Waals surface area (Å²) in [5.41, 5.74) is 0.913. The molecule has 0 aliphatic heterocycles. The topological polar surface area (TPSA) is 52.0 Å². The number of aryl methyl sites for hydroxylation is 1. The van der Waals surface area contributed by atoms with Crippen molar-refractivity contribution in [1.82, 2.24) is 9.55 Å². The number of aromatic nitrogens is 2. The molecule has 0 fully saturated rings. The molecule has 2 heterocycles. The highest BCUT2D eigenvalue weighted by Crippen LogP contribution is 2.33. The first-order chi connectivity index (χ1) is 12.9. The summed E-state index contributed by atoms with van der Waals surface area (Å²) in [5, 5.41) is 0.676. The van der Waals surface area contributed by atoms with E-state index in [0.717, 1.165) is 0 Å². The molecule has 3 rings (SSSR count). The Morgan fingerprint density at radius 3 is 2.63 bits per heavy atom. The molecular formula is C20H15Cl2FN2O2. The number of nitrogens with zero attached hydrogens (tertiary/aromatic N) is 2. The van der Waals surface area contributed by atoms with Crippen molar-refractivity contribution in [2.24, 2.45) is 7.05 Å². The molecule has 3 aromatic rings. The Morgan fingerprint density at radius 1 is 1.19 bits per heavy atom. The highest BCUT2D eigenvalue weighted by Gasteiger charge is 2.24. The van der Waals surface area contributed by atoms with Gasteiger partial charge in [-0.2, -0.15) is 0 Å². The second-order valence-electron chi connectivity index (χ2n) is 6.09. The Balaban J connectivity index is 2.03. The maximum absolute atomic E-state index is 14.4. The quantitative estimate of drug-likeness (QED) is 0.582. The van der Waals surface area contributed by atoms with Crippen molar-refractivity contribution in [3.63, 3.8) is 0 Å². The van der Waals surface area contributed by atoms with E-state index in [-0.39, 0.29) is 23.5 Å². The molecule has 27 heavy (non-hydrogen) atoms. The Morgan fingerprint density at radius 2 is 1.96 bits per heavy atom. The third-order valence-electron chi connectivity index (χ3n) is 4.26. The van der Waals surface area contributed by atoms with Crippen LogP contribution in [0.1, 0.15) is 34.0 Å². The van der Waals surface area contributed by atoms with Gasteiger partial charge in [-0.15, -0.1) is 0 Å². The molecule has 0 saturated carbocycles. The Labute approximate surface area is 165 Å². The molecule has 0 N–H and O–H groups in total. The van der Waals surface area contributed by atoms with E-state index in [2.05, 4.69) is 4.98 Å². The smallest absolute Gasteiger partial charge is 0.250 e. The molecule has 7 heteroatoms. The number of carbonyl (C=O) groups is 1. The van der Waals surface area contributed by atoms with Gasteiger partial charge in [0, 0.05) is 43.4 Å². The van der Waals surface area contributed by atoms with Crippen LogP contribution in [0.15, 0.2) is 59.7 Å². The molecule has 0 unspecified atom stereocenters. The number of rotatable bonds is 5. The lowest BCUT2D eigenvalue weighted by Crippen LogP contribution is -2.18. The van der Waals surface area contributed by atoms with E-state index >= 15 is 0 Å². The van der Waals surface area contributed by atoms with Gasteiger partial charge in [-0.25, -0.2) is 4.39 Å². The number of pyridine rings is 2. The molecule has 0 aliphatic carbocycles. The van der Waals surface area contributed by atoms with E-state index < -0.39 is 11.7 Å². The zero-order valence-corrected chi connectivity index (χ0v) is 15.8. The predicted octanol–water partition coefficient (Wildman–Crippen LogP) is 4.63. The average molecular weight is 405 g/mol. The van der Waals surface area contributed by atoms with E-state index in [4.69, 9.17) is 23.2 Å². The van der Waals surface area contributed by atoms with Crippen molar-refractivity contribution in [3.05, 3.63) is 97.9 Å². The first kappa shape index (κ1) is 19.3. The summed E-state index contributed by atoms with van der Waals surface area (Å²) in [7, 11) is 1.56. The fourth-order valence-corrected chi connectivity index (χ4v) is 3.12. The molecule has 0 saturated heterocycles. The number of hydrogen-bond donors (Lipinski definition) is 0. The van der Waals surface area contributed by atoms with Crippen LogP contribution in [0.4, 0.5) is 4.39 Å². The molecule has 0 spiro atoms. The van der Waals surface area contributed by atoms with Crippen LogP contribution in [0.25, 0.3) is 0 Å². The second-order valence-corrected chi connectivity index (χ2v) is 6.91. The minimum atomic E-state index is -0.647. The van der Waals surface area contributed by atoms with E-state index in [0.29, 0.717) is 21.2 Å². The summed E-state index contributed by atoms with van der Waals surface area (Å²) in [5.74, 6) is -1.40. The highest BCUT2D eigenvalue weighted by atomic mass is 35.5. The zero-order valence-electron chi connectivity index (χ0n) is 14.3. The third-order valence-corrected chi connectivity index (χ3v) is 5.00. The monoisotopic (exact) mass is 404 g/mol. The number of benzene rings is 1. The van der Waals surface area contributed by atoms with Crippen molar-refractivity contribution >= 4 is 29.0 Å². The fourth-order valence-electron chi connectivity index (χ4n) is 2.82. The minimum absolute atomic E-state index is 0.0376. The molecule has 2 aromatic heterocycles. The number of carbonyl (C=O) groups excluding carboxylic acids is 1. The minimum Gasteiger partial charge on any atom is -0.318 e. The van der Waals surface area contributed by atoms with Gasteiger partial charge in [-0.1, -0.05) is 29.3 Å². The maximum Gasteiger partial charge on any atom is 0.250 e. The van der Waals surface area contributed by atoms with Crippen LogP contribution < -0.4 is 5.56 Å². The van der Waals surface area contributed by atoms with Crippen LogP contribution in [0, 0.1) is 5.82 Å². The van der Waals surface area contributed by atoms with Crippen LogP contribution in [0.5, 0.6) is 0 Å². The third kappa shape index (κ3) is 4.26. The van der Waals surface area contributed by atoms with Crippen molar-refractivity contribution in [2.45, 2.75) is 12.3 Å². The first-order valence-electron chi connectivity index (χ1n) is 8.12. The van der Waals surface area contributed by atoms with Gasteiger partial charge in [0.2, 0.25) is 5.56 Å². The second kappa shape index (κ2) is 8.03. The lowest BCUT2D eigenvalue weighted by Gasteiger charge is -2.18. The zero-order chi connectivity index (χ0) is 19.6. The summed E-state index contributed by atoms with van der Waals surface area (Å²) in [6.07, 6.45) is 2.90. The lowest BCUT2D eigenvalue weighted by molar-refractivity contribution is 0.0976. The molecule has 0 amide bonds. The average Bonchev–Trinajstić information content (AvgIpc) is 2.65. The van der Waals surface area contributed by atoms with E-state index in [1.807, 2.05) is 0 Å². The molecule has 4 nitrogen and oxygen atoms in total. The summed E-state index contributed by atoms with van der Waals surface area (Å²) in [6, 6.07) is 10.5. The van der Waals surface area contributed by atoms with Crippen LogP contribution in [0.3, 0.4) is 0 Å². The summed E-state index contributed by atoms with van der Waals surface area (Å²) in [6.45, 7) is 0. The SMILES string of the molecule is Cn1cc(C(=O)C[C@@H](c2ccc(Cl)c(Cl)c2)c2ncccc2F)ccc1=O. The summed E-state index contributed by atoms with van der Waals surface area (Å²) < 4.78 is 15.7. The van der Waals surface area contributed by atoms with Crippen molar-refractivity contribution in [1.29, 1.82) is 0 Å². The Kier molecular flexibility index (Phi) is 5.73. The van der Waals surface area contributed by atoms with Gasteiger partial charge in [-0.3, -0.25) is 14.6 Å². The molecule has 138 valence electrons. The highest BCUT2D eigenvalue weighted by molar-refractivity contribution is 6.42. The Bertz CT molecular complexity index is 1070. The van der Waals surface area contributed by atoms with E-state index in [1.54, 1.807) is 25.2 Å². The first-order valence-corrected chi connectivity index (χ1v) is 8.87. The fraction of sp³-hybridized carbons (Fsp3) is 0.150. The van der Waals surface area contributed by atoms with Gasteiger partial charge in [-0.05, 0) is 35.9 Å². The Hall–Kier alpha value is -2.50. The van der Waals surface area contributed by atoms with Crippen LogP contribution >= 0.6 is 23.2 Å². The molecule has 1 aromatic carbocycles. The number of Topliss-reactive ketones (excluding diaryl/α,β-unsaturated/α-hetero) is 1. The van der Waals surface area contributed by atoms with Gasteiger partial charge in [0.1, 0.15) is 5.82 Å². The van der Waals surface area contributed by atoms with Crippen molar-refractivity contribution in [2.75, 3.05) is 0 Å². The van der Waals surface area contributed by atoms with Crippen LogP contribution in [0.2, 0.25) is 10.0 Å². The van der Waals surface area contributed by atoms with E-state index in [1.165, 1.54) is 41.2 Å². The number of halogens is 3. The predicted molar refractivity (Wildman–Crippen MR) is 103 cm³/mol. The molecule has 0 aliphatic rings. The van der Waals surface area contributed by atoms with Crippen molar-refractivity contribution < 1.29 is 9.18 Å². The molecule has 0 radical (unpaired) electrons. The van der Waals surface area contributed by atoms with Crippen LogP contribution in [-0.2, 0) is 7.05 Å². The standard InChI is InChI=1S/C20H15Cl2FN2O2/c1-25-11-13(5-7-19(25)27)18(26)10-14(20-17(23)3-2-8-24-20)12-4-6-15(21)16(22)9-12/h2-9,11,14H,10H2,1H3/t14-/m0/s1.